The summed E-state index contributed by atoms with van der Waals surface area (Å²) >= 11 is 0. The molecule has 378 valence electrons. The summed E-state index contributed by atoms with van der Waals surface area (Å²) in [5, 5.41) is 12.7. The Morgan fingerprint density at radius 3 is 0.679 bits per heavy atom. The number of pyridine rings is 4. The van der Waals surface area contributed by atoms with Crippen molar-refractivity contribution >= 4 is 86.7 Å². The molecule has 0 saturated carbocycles. The molecule has 81 heavy (non-hydrogen) atoms. The van der Waals surface area contributed by atoms with E-state index in [1.54, 1.807) is 0 Å². The van der Waals surface area contributed by atoms with E-state index >= 15 is 0 Å². The molecular weight excluding hydrogens is 1080 g/mol. The number of fused-ring (bicyclic) bond motifs is 4. The standard InChI is InChI=1S/C72H40N8.Pd/c1-2-14-42-30-54-53(29-41(42)13-1)65-61(49-21-9-25-73-37-49)67-55-31-43-15-3-4-16-44(43)32-56(55)69(78-67)63(51-23-11-27-75-39-51)71-59-35-47-19-7-8-20-48(47)36-60(59)72(80-71)64(52-24-12-28-76-40-52)70-58-34-46-18-6-5-17-45(46)33-57(58)68(79-70)62(66(54)77-65)50-22-10-26-74-38-50;/h1-40H;/q-2;+2. The summed E-state index contributed by atoms with van der Waals surface area (Å²) < 4.78 is 0. The van der Waals surface area contributed by atoms with Crippen LogP contribution in [-0.2, 0) is 20.4 Å². The normalized spacial score (nSPS) is 11.9. The van der Waals surface area contributed by atoms with Crippen LogP contribution in [0.2, 0.25) is 0 Å². The molecule has 8 nitrogen and oxygen atoms in total. The zero-order valence-corrected chi connectivity index (χ0v) is 44.5. The van der Waals surface area contributed by atoms with Crippen molar-refractivity contribution in [1.29, 1.82) is 0 Å². The van der Waals surface area contributed by atoms with Crippen LogP contribution in [-0.4, -0.2) is 29.9 Å². The molecule has 0 saturated heterocycles. The van der Waals surface area contributed by atoms with E-state index in [4.69, 9.17) is 39.9 Å². The first-order valence-electron chi connectivity index (χ1n) is 26.8. The maximum Gasteiger partial charge on any atom is 2.00 e. The fourth-order valence-electron chi connectivity index (χ4n) is 12.6. The van der Waals surface area contributed by atoms with Crippen LogP contribution in [0.25, 0.3) is 176 Å². The SMILES string of the molecule is [Pd+2].c1cncc(-c2c3nc(c(-c4cccnc4)c4[n-]c(c(-c5cccnc5)c5nc(c(-c6cccnc6)c6[n-]c2c2cc7ccccc7cc62)-c2cc6ccccc6cc2-5)c2cc5ccccc5cc42)-c2cc4ccccc4cc2-3)c1. The second kappa shape index (κ2) is 18.4. The zero-order valence-electron chi connectivity index (χ0n) is 43.0. The summed E-state index contributed by atoms with van der Waals surface area (Å²) in [7, 11) is 0. The van der Waals surface area contributed by atoms with E-state index < -0.39 is 0 Å². The van der Waals surface area contributed by atoms with Gasteiger partial charge in [-0.25, -0.2) is 9.97 Å². The molecule has 3 aliphatic rings. The summed E-state index contributed by atoms with van der Waals surface area (Å²) in [6.45, 7) is 0. The Hall–Kier alpha value is -10.3. The van der Waals surface area contributed by atoms with Gasteiger partial charge in [-0.05, 0) is 160 Å². The van der Waals surface area contributed by atoms with Gasteiger partial charge in [0.15, 0.2) is 0 Å². The molecule has 0 amide bonds. The molecule has 6 aromatic heterocycles. The van der Waals surface area contributed by atoms with E-state index in [0.29, 0.717) is 0 Å². The second-order valence-corrected chi connectivity index (χ2v) is 20.7. The van der Waals surface area contributed by atoms with Gasteiger partial charge in [0.25, 0.3) is 0 Å². The smallest absolute Gasteiger partial charge is 0.656 e. The van der Waals surface area contributed by atoms with Crippen molar-refractivity contribution in [2.45, 2.75) is 0 Å². The molecule has 14 aromatic rings. The first kappa shape index (κ1) is 46.8. The van der Waals surface area contributed by atoms with Gasteiger partial charge in [-0.1, -0.05) is 121 Å². The van der Waals surface area contributed by atoms with Gasteiger partial charge in [0.05, 0.1) is 22.8 Å². The van der Waals surface area contributed by atoms with E-state index in [1.165, 1.54) is 0 Å². The Labute approximate surface area is 477 Å². The minimum absolute atomic E-state index is 0. The minimum Gasteiger partial charge on any atom is -0.656 e. The number of rotatable bonds is 4. The minimum atomic E-state index is 0. The van der Waals surface area contributed by atoms with Crippen LogP contribution >= 0.6 is 0 Å². The fraction of sp³-hybridized carbons (Fsp3) is 0. The van der Waals surface area contributed by atoms with E-state index in [2.05, 4.69) is 170 Å². The van der Waals surface area contributed by atoms with Crippen molar-refractivity contribution < 1.29 is 20.4 Å². The predicted molar refractivity (Wildman–Crippen MR) is 326 cm³/mol. The third-order valence-electron chi connectivity index (χ3n) is 16.2. The summed E-state index contributed by atoms with van der Waals surface area (Å²) in [5.74, 6) is 0. The molecule has 1 aliphatic carbocycles. The number of nitrogens with zero attached hydrogens (tertiary/aromatic N) is 8. The molecule has 17 rings (SSSR count). The van der Waals surface area contributed by atoms with E-state index in [9.17, 15) is 0 Å². The van der Waals surface area contributed by atoms with Crippen LogP contribution in [0.1, 0.15) is 0 Å². The van der Waals surface area contributed by atoms with Gasteiger partial charge in [0.1, 0.15) is 0 Å². The van der Waals surface area contributed by atoms with Crippen LogP contribution in [0.15, 0.2) is 244 Å². The Morgan fingerprint density at radius 1 is 0.247 bits per heavy atom. The van der Waals surface area contributed by atoms with Gasteiger partial charge in [-0.15, -0.1) is 22.1 Å². The molecule has 0 unspecified atom stereocenters. The van der Waals surface area contributed by atoms with Crippen molar-refractivity contribution in [3.63, 3.8) is 0 Å². The van der Waals surface area contributed by atoms with Gasteiger partial charge in [-0.3, -0.25) is 19.9 Å². The maximum absolute atomic E-state index is 6.05. The molecule has 2 aliphatic heterocycles. The molecule has 0 spiro atoms. The first-order valence-corrected chi connectivity index (χ1v) is 26.8. The molecule has 8 aromatic carbocycles. The van der Waals surface area contributed by atoms with E-state index in [1.807, 2.05) is 73.8 Å². The van der Waals surface area contributed by atoms with Gasteiger partial charge >= 0.3 is 20.4 Å². The summed E-state index contributed by atoms with van der Waals surface area (Å²) in [6.07, 6.45) is 15.1. The van der Waals surface area contributed by atoms with Crippen molar-refractivity contribution in [3.05, 3.63) is 244 Å². The van der Waals surface area contributed by atoms with Crippen LogP contribution < -0.4 is 9.97 Å². The number of hydrogen-bond donors (Lipinski definition) is 0. The fourth-order valence-corrected chi connectivity index (χ4v) is 12.6. The summed E-state index contributed by atoms with van der Waals surface area (Å²) in [4.78, 5) is 43.4. The van der Waals surface area contributed by atoms with E-state index in [0.717, 1.165) is 176 Å². The van der Waals surface area contributed by atoms with Crippen LogP contribution in [0.3, 0.4) is 0 Å². The third-order valence-corrected chi connectivity index (χ3v) is 16.2. The van der Waals surface area contributed by atoms with Gasteiger partial charge in [0.2, 0.25) is 0 Å². The Kier molecular flexibility index (Phi) is 10.6. The van der Waals surface area contributed by atoms with Crippen LogP contribution in [0, 0.1) is 0 Å². The quantitative estimate of drug-likeness (QED) is 0.161. The summed E-state index contributed by atoms with van der Waals surface area (Å²) in [5.41, 5.74) is 17.0. The molecule has 8 bridgehead atoms. The zero-order chi connectivity index (χ0) is 52.4. The maximum atomic E-state index is 6.05. The number of aromatic nitrogens is 8. The topological polar surface area (TPSA) is 106 Å². The molecule has 9 heteroatoms. The van der Waals surface area contributed by atoms with Crippen molar-refractivity contribution in [2.75, 3.05) is 0 Å². The molecule has 0 N–H and O–H groups in total. The Balaban J connectivity index is 0.00000542. The van der Waals surface area contributed by atoms with Crippen LogP contribution in [0.4, 0.5) is 0 Å². The Morgan fingerprint density at radius 2 is 0.469 bits per heavy atom. The predicted octanol–water partition coefficient (Wildman–Crippen LogP) is 17.4. The third kappa shape index (κ3) is 7.27. The number of benzene rings is 8. The average molecular weight is 1120 g/mol. The number of hydrogen-bond acceptors (Lipinski definition) is 6. The second-order valence-electron chi connectivity index (χ2n) is 20.7. The largest absolute Gasteiger partial charge is 2.00 e. The van der Waals surface area contributed by atoms with E-state index in [-0.39, 0.29) is 20.4 Å². The van der Waals surface area contributed by atoms with Crippen molar-refractivity contribution in [3.8, 4) is 89.5 Å². The molecule has 0 atom stereocenters. The molecule has 0 radical (unpaired) electrons. The van der Waals surface area contributed by atoms with Crippen molar-refractivity contribution in [1.82, 2.24) is 39.9 Å². The average Bonchev–Trinajstić information content (AvgIpc) is 4.39. The Bertz CT molecular complexity index is 4640. The van der Waals surface area contributed by atoms with Gasteiger partial charge in [0, 0.05) is 94.1 Å². The molecular formula is C72H40N8Pd. The van der Waals surface area contributed by atoms with Crippen molar-refractivity contribution in [2.24, 2.45) is 0 Å². The molecule has 0 fully saturated rings. The monoisotopic (exact) mass is 1120 g/mol. The van der Waals surface area contributed by atoms with Crippen LogP contribution in [0.5, 0.6) is 0 Å². The first-order chi connectivity index (χ1) is 39.7. The van der Waals surface area contributed by atoms with Gasteiger partial charge < -0.3 is 9.97 Å². The molecule has 8 heterocycles. The summed E-state index contributed by atoms with van der Waals surface area (Å²) in [6, 6.07) is 69.1. The van der Waals surface area contributed by atoms with Gasteiger partial charge in [-0.2, -0.15) is 0 Å².